The Bertz CT molecular complexity index is 1260. The molecule has 2 aromatic carbocycles. The fraction of sp³-hybridized carbons (Fsp3) is 0.296. The summed E-state index contributed by atoms with van der Waals surface area (Å²) in [5.41, 5.74) is 2.30. The molecule has 9 heteroatoms. The highest BCUT2D eigenvalue weighted by atomic mass is 32.2. The lowest BCUT2D eigenvalue weighted by atomic mass is 9.93. The number of carbonyl (C=O) groups excluding carboxylic acids is 2. The first-order valence-electron chi connectivity index (χ1n) is 11.4. The zero-order valence-corrected chi connectivity index (χ0v) is 21.6. The van der Waals surface area contributed by atoms with E-state index in [0.717, 1.165) is 5.56 Å². The van der Waals surface area contributed by atoms with E-state index in [4.69, 9.17) is 9.47 Å². The van der Waals surface area contributed by atoms with Gasteiger partial charge < -0.3 is 19.7 Å². The molecule has 1 unspecified atom stereocenters. The van der Waals surface area contributed by atoms with E-state index in [1.165, 1.54) is 36.0 Å². The number of rotatable bonds is 6. The molecule has 4 rings (SSSR count). The second kappa shape index (κ2) is 10.2. The number of esters is 1. The van der Waals surface area contributed by atoms with Gasteiger partial charge in [-0.2, -0.15) is 0 Å². The fourth-order valence-electron chi connectivity index (χ4n) is 3.97. The molecule has 1 N–H and O–H groups in total. The highest BCUT2D eigenvalue weighted by molar-refractivity contribution is 8.16. The summed E-state index contributed by atoms with van der Waals surface area (Å²) in [6.07, 6.45) is 0.0384. The second-order valence-electron chi connectivity index (χ2n) is 9.40. The number of halogens is 1. The number of thioether (sulfide) groups is 1. The SMILES string of the molecule is COc1ccc(C2C(C(=O)OC(C)(C)C)=C(C)N=C3SC=C(CC(=O)Nc4ccc(F)cc4)N32)cc1. The van der Waals surface area contributed by atoms with Crippen LogP contribution in [0.4, 0.5) is 10.1 Å². The van der Waals surface area contributed by atoms with Gasteiger partial charge in [0.1, 0.15) is 17.2 Å². The van der Waals surface area contributed by atoms with Crippen molar-refractivity contribution in [3.05, 3.63) is 82.3 Å². The number of anilines is 1. The van der Waals surface area contributed by atoms with Crippen molar-refractivity contribution in [3.8, 4) is 5.75 Å². The summed E-state index contributed by atoms with van der Waals surface area (Å²) in [7, 11) is 1.59. The molecule has 0 saturated carbocycles. The lowest BCUT2D eigenvalue weighted by molar-refractivity contribution is -0.150. The van der Waals surface area contributed by atoms with Crippen LogP contribution >= 0.6 is 11.8 Å². The van der Waals surface area contributed by atoms with Crippen molar-refractivity contribution in [1.29, 1.82) is 0 Å². The van der Waals surface area contributed by atoms with Crippen LogP contribution in [0.15, 0.2) is 75.9 Å². The van der Waals surface area contributed by atoms with Gasteiger partial charge in [-0.15, -0.1) is 0 Å². The molecule has 188 valence electrons. The number of hydrogen-bond acceptors (Lipinski definition) is 7. The van der Waals surface area contributed by atoms with Crippen molar-refractivity contribution in [2.75, 3.05) is 12.4 Å². The van der Waals surface area contributed by atoms with Gasteiger partial charge in [-0.05, 0) is 75.1 Å². The Balaban J connectivity index is 1.67. The van der Waals surface area contributed by atoms with Gasteiger partial charge in [-0.25, -0.2) is 14.2 Å². The summed E-state index contributed by atoms with van der Waals surface area (Å²) in [5, 5.41) is 5.33. The van der Waals surface area contributed by atoms with E-state index >= 15 is 0 Å². The van der Waals surface area contributed by atoms with Crippen LogP contribution in [0.1, 0.15) is 45.7 Å². The first kappa shape index (κ1) is 25.5. The molecule has 0 bridgehead atoms. The van der Waals surface area contributed by atoms with Crippen LogP contribution in [-0.2, 0) is 14.3 Å². The number of ether oxygens (including phenoxy) is 2. The number of nitrogens with one attached hydrogen (secondary N) is 1. The Hall–Kier alpha value is -3.59. The molecule has 0 fully saturated rings. The minimum atomic E-state index is -0.688. The average molecular weight is 510 g/mol. The van der Waals surface area contributed by atoms with Crippen molar-refractivity contribution in [2.45, 2.75) is 45.8 Å². The molecular formula is C27H28FN3O4S. The van der Waals surface area contributed by atoms with Gasteiger partial charge in [0.25, 0.3) is 0 Å². The Labute approximate surface area is 214 Å². The summed E-state index contributed by atoms with van der Waals surface area (Å²) >= 11 is 1.39. The molecule has 2 aliphatic rings. The van der Waals surface area contributed by atoms with Gasteiger partial charge in [0.05, 0.1) is 30.8 Å². The maximum absolute atomic E-state index is 13.4. The van der Waals surface area contributed by atoms with Crippen molar-refractivity contribution in [1.82, 2.24) is 4.90 Å². The molecule has 0 saturated heterocycles. The van der Waals surface area contributed by atoms with E-state index in [1.54, 1.807) is 14.0 Å². The molecule has 7 nitrogen and oxygen atoms in total. The Kier molecular flexibility index (Phi) is 7.21. The zero-order chi connectivity index (χ0) is 26.0. The van der Waals surface area contributed by atoms with E-state index in [9.17, 15) is 14.0 Å². The van der Waals surface area contributed by atoms with Gasteiger partial charge >= 0.3 is 5.97 Å². The Morgan fingerprint density at radius 3 is 2.39 bits per heavy atom. The number of allylic oxidation sites excluding steroid dienone is 1. The monoisotopic (exact) mass is 509 g/mol. The summed E-state index contributed by atoms with van der Waals surface area (Å²) in [4.78, 5) is 32.8. The molecule has 0 aromatic heterocycles. The number of methoxy groups -OCH3 is 1. The number of hydrogen-bond donors (Lipinski definition) is 1. The minimum Gasteiger partial charge on any atom is -0.497 e. The summed E-state index contributed by atoms with van der Waals surface area (Å²) in [5.74, 6) is -0.423. The van der Waals surface area contributed by atoms with Crippen molar-refractivity contribution >= 4 is 34.5 Å². The maximum Gasteiger partial charge on any atom is 0.338 e. The van der Waals surface area contributed by atoms with Gasteiger partial charge in [-0.3, -0.25) is 4.79 Å². The molecule has 1 atom stereocenters. The van der Waals surface area contributed by atoms with E-state index in [-0.39, 0.29) is 18.1 Å². The topological polar surface area (TPSA) is 80.2 Å². The largest absolute Gasteiger partial charge is 0.497 e. The summed E-state index contributed by atoms with van der Waals surface area (Å²) in [6.45, 7) is 7.24. The van der Waals surface area contributed by atoms with Crippen LogP contribution in [-0.4, -0.2) is 34.7 Å². The normalized spacial score (nSPS) is 17.3. The third-order valence-corrected chi connectivity index (χ3v) is 6.41. The molecule has 2 aliphatic heterocycles. The minimum absolute atomic E-state index is 0.0384. The van der Waals surface area contributed by atoms with Crippen molar-refractivity contribution < 1.29 is 23.5 Å². The summed E-state index contributed by atoms with van der Waals surface area (Å²) < 4.78 is 24.3. The number of carbonyl (C=O) groups is 2. The zero-order valence-electron chi connectivity index (χ0n) is 20.8. The van der Waals surface area contributed by atoms with Crippen molar-refractivity contribution in [2.24, 2.45) is 4.99 Å². The lowest BCUT2D eigenvalue weighted by Gasteiger charge is -2.37. The average Bonchev–Trinajstić information content (AvgIpc) is 3.20. The molecule has 2 heterocycles. The standard InChI is InChI=1S/C27H28FN3O4S/c1-16-23(25(33)35-27(2,3)4)24(17-6-12-21(34-5)13-7-17)31-20(15-36-26(31)29-16)14-22(32)30-19-10-8-18(28)9-11-19/h6-13,15,24H,14H2,1-5H3,(H,30,32). The molecule has 1 amide bonds. The number of aliphatic imine (C=N–C) groups is 1. The second-order valence-corrected chi connectivity index (χ2v) is 10.2. The van der Waals surface area contributed by atoms with Crippen LogP contribution in [0.2, 0.25) is 0 Å². The predicted octanol–water partition coefficient (Wildman–Crippen LogP) is 5.78. The summed E-state index contributed by atoms with van der Waals surface area (Å²) in [6, 6.07) is 12.5. The smallest absolute Gasteiger partial charge is 0.338 e. The number of nitrogens with zero attached hydrogens (tertiary/aromatic N) is 2. The maximum atomic E-state index is 13.4. The first-order chi connectivity index (χ1) is 17.1. The number of amides is 1. The third-order valence-electron chi connectivity index (χ3n) is 5.52. The number of amidine groups is 1. The highest BCUT2D eigenvalue weighted by Gasteiger charge is 2.41. The molecule has 0 radical (unpaired) electrons. The highest BCUT2D eigenvalue weighted by Crippen LogP contribution is 2.45. The van der Waals surface area contributed by atoms with Crippen LogP contribution in [0.3, 0.4) is 0 Å². The Morgan fingerprint density at radius 2 is 1.78 bits per heavy atom. The van der Waals surface area contributed by atoms with E-state index in [0.29, 0.717) is 33.6 Å². The van der Waals surface area contributed by atoms with Gasteiger partial charge in [0.2, 0.25) is 5.91 Å². The lowest BCUT2D eigenvalue weighted by Crippen LogP contribution is -2.38. The number of fused-ring (bicyclic) bond motifs is 1. The van der Waals surface area contributed by atoms with E-state index in [2.05, 4.69) is 10.3 Å². The number of benzene rings is 2. The van der Waals surface area contributed by atoms with Gasteiger partial charge in [0.15, 0.2) is 5.17 Å². The predicted molar refractivity (Wildman–Crippen MR) is 139 cm³/mol. The molecule has 2 aromatic rings. The van der Waals surface area contributed by atoms with Crippen LogP contribution in [0.5, 0.6) is 5.75 Å². The van der Waals surface area contributed by atoms with E-state index in [1.807, 2.05) is 55.3 Å². The molecular weight excluding hydrogens is 481 g/mol. The van der Waals surface area contributed by atoms with Gasteiger partial charge in [-0.1, -0.05) is 23.9 Å². The first-order valence-corrected chi connectivity index (χ1v) is 12.3. The molecule has 0 aliphatic carbocycles. The van der Waals surface area contributed by atoms with Gasteiger partial charge in [0, 0.05) is 11.4 Å². The molecule has 0 spiro atoms. The van der Waals surface area contributed by atoms with Crippen LogP contribution in [0.25, 0.3) is 0 Å². The quantitative estimate of drug-likeness (QED) is 0.498. The van der Waals surface area contributed by atoms with E-state index < -0.39 is 17.6 Å². The van der Waals surface area contributed by atoms with Crippen molar-refractivity contribution in [3.63, 3.8) is 0 Å². The Morgan fingerprint density at radius 1 is 1.11 bits per heavy atom. The fourth-order valence-corrected chi connectivity index (χ4v) is 4.93. The molecule has 36 heavy (non-hydrogen) atoms. The van der Waals surface area contributed by atoms with Crippen LogP contribution < -0.4 is 10.1 Å². The third kappa shape index (κ3) is 5.62. The van der Waals surface area contributed by atoms with Crippen LogP contribution in [0, 0.1) is 5.82 Å².